The Hall–Kier alpha value is -1.61. The van der Waals surface area contributed by atoms with E-state index in [2.05, 4.69) is 11.9 Å². The van der Waals surface area contributed by atoms with E-state index in [1.54, 1.807) is 0 Å². The molecule has 3 heteroatoms. The Bertz CT molecular complexity index is 647. The maximum absolute atomic E-state index is 12.4. The smallest absolute Gasteiger partial charge is 0.258 e. The zero-order valence-corrected chi connectivity index (χ0v) is 12.1. The summed E-state index contributed by atoms with van der Waals surface area (Å²) in [6.45, 7) is 2.01. The molecule has 0 radical (unpaired) electrons. The maximum atomic E-state index is 12.4. The number of likely N-dealkylation sites (tertiary alicyclic amines) is 1. The monoisotopic (exact) mass is 270 g/mol. The highest BCUT2D eigenvalue weighted by molar-refractivity contribution is 5.81. The van der Waals surface area contributed by atoms with Gasteiger partial charge in [0, 0.05) is 24.2 Å². The Kier molecular flexibility index (Phi) is 3.88. The molecule has 3 rings (SSSR count). The molecule has 20 heavy (non-hydrogen) atoms. The molecule has 2 aromatic rings. The van der Waals surface area contributed by atoms with E-state index in [9.17, 15) is 4.79 Å². The van der Waals surface area contributed by atoms with E-state index in [0.717, 1.165) is 23.7 Å². The highest BCUT2D eigenvalue weighted by Gasteiger charge is 2.18. The molecule has 1 saturated heterocycles. The Morgan fingerprint density at radius 1 is 1.20 bits per heavy atom. The van der Waals surface area contributed by atoms with Gasteiger partial charge in [0.15, 0.2) is 0 Å². The number of benzene rings is 1. The van der Waals surface area contributed by atoms with Crippen molar-refractivity contribution in [1.82, 2.24) is 9.47 Å². The molecule has 1 fully saturated rings. The van der Waals surface area contributed by atoms with Gasteiger partial charge in [0.25, 0.3) is 5.56 Å². The minimum atomic E-state index is 0.140. The first-order valence-corrected chi connectivity index (χ1v) is 7.54. The van der Waals surface area contributed by atoms with Crippen LogP contribution in [-0.4, -0.2) is 29.1 Å². The fourth-order valence-electron chi connectivity index (χ4n) is 3.20. The van der Waals surface area contributed by atoms with Crippen molar-refractivity contribution in [2.75, 3.05) is 13.6 Å². The highest BCUT2D eigenvalue weighted by atomic mass is 16.1. The molecule has 1 aromatic heterocycles. The van der Waals surface area contributed by atoms with Gasteiger partial charge in [0.2, 0.25) is 0 Å². The fraction of sp³-hybridized carbons (Fsp3) is 0.471. The van der Waals surface area contributed by atoms with Crippen LogP contribution in [0, 0.1) is 0 Å². The number of nitrogens with zero attached hydrogens (tertiary/aromatic N) is 2. The molecule has 0 spiro atoms. The van der Waals surface area contributed by atoms with Gasteiger partial charge in [-0.2, -0.15) is 0 Å². The Labute approximate surface area is 119 Å². The molecule has 0 N–H and O–H groups in total. The van der Waals surface area contributed by atoms with Gasteiger partial charge >= 0.3 is 0 Å². The van der Waals surface area contributed by atoms with Crippen molar-refractivity contribution in [3.05, 3.63) is 46.9 Å². The van der Waals surface area contributed by atoms with Crippen LogP contribution >= 0.6 is 0 Å². The predicted molar refractivity (Wildman–Crippen MR) is 83.1 cm³/mol. The summed E-state index contributed by atoms with van der Waals surface area (Å²) < 4.78 is 1.87. The van der Waals surface area contributed by atoms with Crippen LogP contribution in [0.25, 0.3) is 10.8 Å². The molecule has 1 aromatic carbocycles. The first-order valence-electron chi connectivity index (χ1n) is 7.54. The van der Waals surface area contributed by atoms with E-state index >= 15 is 0 Å². The lowest BCUT2D eigenvalue weighted by Crippen LogP contribution is -2.37. The molecule has 1 aliphatic heterocycles. The lowest BCUT2D eigenvalue weighted by Gasteiger charge is -2.32. The molecule has 1 aliphatic rings. The summed E-state index contributed by atoms with van der Waals surface area (Å²) in [4.78, 5) is 14.9. The van der Waals surface area contributed by atoms with E-state index in [0.29, 0.717) is 6.04 Å². The molecule has 106 valence electrons. The summed E-state index contributed by atoms with van der Waals surface area (Å²) in [5.74, 6) is 0. The van der Waals surface area contributed by atoms with Gasteiger partial charge in [-0.3, -0.25) is 4.79 Å². The number of fused-ring (bicyclic) bond motifs is 1. The topological polar surface area (TPSA) is 25.2 Å². The molecule has 0 aliphatic carbocycles. The van der Waals surface area contributed by atoms with Crippen molar-refractivity contribution in [3.8, 4) is 0 Å². The van der Waals surface area contributed by atoms with Gasteiger partial charge in [0.1, 0.15) is 0 Å². The Morgan fingerprint density at radius 2 is 2.05 bits per heavy atom. The summed E-state index contributed by atoms with van der Waals surface area (Å²) in [5.41, 5.74) is 0.140. The molecular formula is C17H22N2O. The number of aryl methyl sites for hydroxylation is 1. The van der Waals surface area contributed by atoms with Gasteiger partial charge in [-0.1, -0.05) is 24.6 Å². The van der Waals surface area contributed by atoms with Crippen LogP contribution in [0.4, 0.5) is 0 Å². The third kappa shape index (κ3) is 2.63. The minimum Gasteiger partial charge on any atom is -0.315 e. The summed E-state index contributed by atoms with van der Waals surface area (Å²) in [7, 11) is 2.20. The number of rotatable bonds is 3. The number of hydrogen-bond acceptors (Lipinski definition) is 2. The molecular weight excluding hydrogens is 248 g/mol. The number of hydrogen-bond donors (Lipinski definition) is 0. The lowest BCUT2D eigenvalue weighted by molar-refractivity contribution is 0.171. The predicted octanol–water partition coefficient (Wildman–Crippen LogP) is 2.88. The summed E-state index contributed by atoms with van der Waals surface area (Å²) in [5, 5.41) is 1.86. The van der Waals surface area contributed by atoms with Crippen LogP contribution in [0.15, 0.2) is 41.3 Å². The van der Waals surface area contributed by atoms with Crippen molar-refractivity contribution in [2.24, 2.45) is 0 Å². The average molecular weight is 270 g/mol. The second kappa shape index (κ2) is 5.80. The van der Waals surface area contributed by atoms with Crippen molar-refractivity contribution in [2.45, 2.75) is 38.3 Å². The third-order valence-electron chi connectivity index (χ3n) is 4.51. The third-order valence-corrected chi connectivity index (χ3v) is 4.51. The lowest BCUT2D eigenvalue weighted by atomic mass is 10.00. The van der Waals surface area contributed by atoms with Crippen molar-refractivity contribution in [3.63, 3.8) is 0 Å². The zero-order valence-electron chi connectivity index (χ0n) is 12.1. The molecule has 0 unspecified atom stereocenters. The number of aromatic nitrogens is 1. The summed E-state index contributed by atoms with van der Waals surface area (Å²) in [6, 6.07) is 10.5. The van der Waals surface area contributed by atoms with Crippen LogP contribution in [0.2, 0.25) is 0 Å². The van der Waals surface area contributed by atoms with Gasteiger partial charge in [0.05, 0.1) is 0 Å². The van der Waals surface area contributed by atoms with E-state index in [4.69, 9.17) is 0 Å². The van der Waals surface area contributed by atoms with E-state index in [-0.39, 0.29) is 5.56 Å². The molecule has 0 saturated carbocycles. The first-order chi connectivity index (χ1) is 9.75. The van der Waals surface area contributed by atoms with Gasteiger partial charge < -0.3 is 9.47 Å². The van der Waals surface area contributed by atoms with Crippen LogP contribution < -0.4 is 5.56 Å². The number of pyridine rings is 1. The highest BCUT2D eigenvalue weighted by Crippen LogP contribution is 2.18. The molecule has 0 amide bonds. The second-order valence-electron chi connectivity index (χ2n) is 5.82. The average Bonchev–Trinajstić information content (AvgIpc) is 2.48. The van der Waals surface area contributed by atoms with Gasteiger partial charge in [-0.15, -0.1) is 0 Å². The standard InChI is InChI=1S/C17H22N2O/c1-18-11-5-4-7-15(18)10-13-19-12-9-14-6-2-3-8-16(14)17(19)20/h2-3,6,8-9,12,15H,4-5,7,10-11,13H2,1H3/t15-/m0/s1. The van der Waals surface area contributed by atoms with Gasteiger partial charge in [-0.05, 0) is 50.4 Å². The van der Waals surface area contributed by atoms with Crippen molar-refractivity contribution in [1.29, 1.82) is 0 Å². The van der Waals surface area contributed by atoms with E-state index in [1.165, 1.54) is 25.8 Å². The van der Waals surface area contributed by atoms with Crippen LogP contribution in [0.1, 0.15) is 25.7 Å². The van der Waals surface area contributed by atoms with Crippen LogP contribution in [-0.2, 0) is 6.54 Å². The molecule has 2 heterocycles. The molecule has 0 bridgehead atoms. The molecule has 1 atom stereocenters. The first kappa shape index (κ1) is 13.4. The Balaban J connectivity index is 1.77. The van der Waals surface area contributed by atoms with E-state index < -0.39 is 0 Å². The van der Waals surface area contributed by atoms with Gasteiger partial charge in [-0.25, -0.2) is 0 Å². The maximum Gasteiger partial charge on any atom is 0.258 e. The van der Waals surface area contributed by atoms with Crippen LogP contribution in [0.5, 0.6) is 0 Å². The summed E-state index contributed by atoms with van der Waals surface area (Å²) in [6.07, 6.45) is 6.89. The zero-order chi connectivity index (χ0) is 13.9. The minimum absolute atomic E-state index is 0.140. The van der Waals surface area contributed by atoms with Crippen molar-refractivity contribution >= 4 is 10.8 Å². The number of piperidine rings is 1. The normalized spacial score (nSPS) is 20.4. The summed E-state index contributed by atoms with van der Waals surface area (Å²) >= 11 is 0. The van der Waals surface area contributed by atoms with Crippen LogP contribution in [0.3, 0.4) is 0 Å². The molecule has 3 nitrogen and oxygen atoms in total. The fourth-order valence-corrected chi connectivity index (χ4v) is 3.20. The SMILES string of the molecule is CN1CCCC[C@H]1CCn1ccc2ccccc2c1=O. The quantitative estimate of drug-likeness (QED) is 0.857. The van der Waals surface area contributed by atoms with Crippen molar-refractivity contribution < 1.29 is 0 Å². The largest absolute Gasteiger partial charge is 0.315 e. The second-order valence-corrected chi connectivity index (χ2v) is 5.82. The van der Waals surface area contributed by atoms with E-state index in [1.807, 2.05) is 41.1 Å². The Morgan fingerprint density at radius 3 is 2.90 bits per heavy atom.